The summed E-state index contributed by atoms with van der Waals surface area (Å²) < 4.78 is 5.17. The van der Waals surface area contributed by atoms with Gasteiger partial charge in [-0.05, 0) is 12.8 Å². The lowest BCUT2D eigenvalue weighted by Crippen LogP contribution is -1.94. The monoisotopic (exact) mass is 193 g/mol. The van der Waals surface area contributed by atoms with Crippen LogP contribution in [0, 0.1) is 0 Å². The highest BCUT2D eigenvalue weighted by atomic mass is 16.5. The molecule has 0 radical (unpaired) electrons. The van der Waals surface area contributed by atoms with Gasteiger partial charge in [0.15, 0.2) is 6.29 Å². The molecule has 1 aliphatic carbocycles. The standard InChI is InChI=1S/C11H15NO2/c13-8-10-7-11(14-12-10)9-5-3-1-2-4-6-9/h7-9H,1-6H2. The third kappa shape index (κ3) is 2.03. The molecule has 0 aromatic carbocycles. The predicted octanol–water partition coefficient (Wildman–Crippen LogP) is 2.92. The molecule has 1 fully saturated rings. The van der Waals surface area contributed by atoms with Crippen molar-refractivity contribution in [2.45, 2.75) is 44.4 Å². The summed E-state index contributed by atoms with van der Waals surface area (Å²) in [5.41, 5.74) is 0.421. The third-order valence-corrected chi connectivity index (χ3v) is 2.92. The molecule has 0 N–H and O–H groups in total. The highest BCUT2D eigenvalue weighted by molar-refractivity contribution is 5.71. The number of hydrogen-bond donors (Lipinski definition) is 0. The Hall–Kier alpha value is -1.12. The summed E-state index contributed by atoms with van der Waals surface area (Å²) in [6.07, 6.45) is 8.27. The van der Waals surface area contributed by atoms with Gasteiger partial charge in [-0.15, -0.1) is 0 Å². The van der Waals surface area contributed by atoms with Crippen LogP contribution in [0.5, 0.6) is 0 Å². The van der Waals surface area contributed by atoms with Crippen molar-refractivity contribution in [2.75, 3.05) is 0 Å². The van der Waals surface area contributed by atoms with Crippen LogP contribution >= 0.6 is 0 Å². The van der Waals surface area contributed by atoms with Gasteiger partial charge in [0.25, 0.3) is 0 Å². The van der Waals surface area contributed by atoms with Gasteiger partial charge in [-0.25, -0.2) is 0 Å². The number of rotatable bonds is 2. The van der Waals surface area contributed by atoms with Gasteiger partial charge < -0.3 is 4.52 Å². The van der Waals surface area contributed by atoms with E-state index in [2.05, 4.69) is 5.16 Å². The molecule has 76 valence electrons. The molecule has 0 unspecified atom stereocenters. The van der Waals surface area contributed by atoms with Crippen LogP contribution in [0.25, 0.3) is 0 Å². The highest BCUT2D eigenvalue weighted by Crippen LogP contribution is 2.31. The average Bonchev–Trinajstić information content (AvgIpc) is 2.53. The zero-order valence-electron chi connectivity index (χ0n) is 8.24. The van der Waals surface area contributed by atoms with Crippen LogP contribution in [0.15, 0.2) is 10.6 Å². The average molecular weight is 193 g/mol. The van der Waals surface area contributed by atoms with Crippen LogP contribution in [-0.2, 0) is 0 Å². The molecule has 1 aromatic heterocycles. The van der Waals surface area contributed by atoms with Gasteiger partial charge in [0, 0.05) is 12.0 Å². The molecule has 3 nitrogen and oxygen atoms in total. The molecule has 1 heterocycles. The molecule has 2 rings (SSSR count). The van der Waals surface area contributed by atoms with Crippen LogP contribution in [0.1, 0.15) is 60.7 Å². The van der Waals surface area contributed by atoms with Crippen molar-refractivity contribution in [2.24, 2.45) is 0 Å². The summed E-state index contributed by atoms with van der Waals surface area (Å²) in [6, 6.07) is 1.78. The summed E-state index contributed by atoms with van der Waals surface area (Å²) >= 11 is 0. The van der Waals surface area contributed by atoms with Crippen molar-refractivity contribution >= 4 is 6.29 Å². The molecule has 1 saturated carbocycles. The van der Waals surface area contributed by atoms with Crippen molar-refractivity contribution in [1.29, 1.82) is 0 Å². The van der Waals surface area contributed by atoms with Gasteiger partial charge in [-0.3, -0.25) is 4.79 Å². The Balaban J connectivity index is 2.08. The predicted molar refractivity (Wildman–Crippen MR) is 52.3 cm³/mol. The Kier molecular flexibility index (Phi) is 2.96. The molecule has 0 atom stereocenters. The first-order valence-electron chi connectivity index (χ1n) is 5.32. The van der Waals surface area contributed by atoms with E-state index in [1.807, 2.05) is 0 Å². The topological polar surface area (TPSA) is 43.1 Å². The van der Waals surface area contributed by atoms with Gasteiger partial charge in [-0.2, -0.15) is 0 Å². The van der Waals surface area contributed by atoms with Crippen LogP contribution in [0.2, 0.25) is 0 Å². The van der Waals surface area contributed by atoms with E-state index < -0.39 is 0 Å². The van der Waals surface area contributed by atoms with E-state index in [9.17, 15) is 4.79 Å². The highest BCUT2D eigenvalue weighted by Gasteiger charge is 2.18. The lowest BCUT2D eigenvalue weighted by atomic mass is 9.97. The summed E-state index contributed by atoms with van der Waals surface area (Å²) in [5, 5.41) is 3.70. The first kappa shape index (κ1) is 9.44. The second-order valence-electron chi connectivity index (χ2n) is 3.96. The van der Waals surface area contributed by atoms with Crippen molar-refractivity contribution in [3.05, 3.63) is 17.5 Å². The van der Waals surface area contributed by atoms with Crippen molar-refractivity contribution in [3.8, 4) is 0 Å². The second kappa shape index (κ2) is 4.40. The molecule has 0 saturated heterocycles. The lowest BCUT2D eigenvalue weighted by Gasteiger charge is -2.08. The fourth-order valence-corrected chi connectivity index (χ4v) is 2.12. The van der Waals surface area contributed by atoms with E-state index in [4.69, 9.17) is 4.52 Å². The molecular weight excluding hydrogens is 178 g/mol. The summed E-state index contributed by atoms with van der Waals surface area (Å²) in [6.45, 7) is 0. The molecule has 0 aliphatic heterocycles. The summed E-state index contributed by atoms with van der Waals surface area (Å²) in [4.78, 5) is 10.4. The maximum absolute atomic E-state index is 10.4. The van der Waals surface area contributed by atoms with E-state index >= 15 is 0 Å². The zero-order valence-corrected chi connectivity index (χ0v) is 8.24. The Labute approximate surface area is 83.5 Å². The summed E-state index contributed by atoms with van der Waals surface area (Å²) in [5.74, 6) is 1.38. The number of carbonyl (C=O) groups excluding carboxylic acids is 1. The quantitative estimate of drug-likeness (QED) is 0.535. The number of aromatic nitrogens is 1. The minimum Gasteiger partial charge on any atom is -0.360 e. The molecule has 0 bridgehead atoms. The fourth-order valence-electron chi connectivity index (χ4n) is 2.12. The van der Waals surface area contributed by atoms with Gasteiger partial charge in [0.1, 0.15) is 11.5 Å². The SMILES string of the molecule is O=Cc1cc(C2CCCCCC2)on1. The van der Waals surface area contributed by atoms with Gasteiger partial charge >= 0.3 is 0 Å². The van der Waals surface area contributed by atoms with E-state index in [1.165, 1.54) is 38.5 Å². The van der Waals surface area contributed by atoms with E-state index in [1.54, 1.807) is 6.07 Å². The fraction of sp³-hybridized carbons (Fsp3) is 0.636. The van der Waals surface area contributed by atoms with Gasteiger partial charge in [0.05, 0.1) is 0 Å². The maximum atomic E-state index is 10.4. The molecule has 1 aliphatic rings. The molecular formula is C11H15NO2. The van der Waals surface area contributed by atoms with Gasteiger partial charge in [-0.1, -0.05) is 30.8 Å². The normalized spacial score (nSPS) is 19.1. The smallest absolute Gasteiger partial charge is 0.171 e. The zero-order chi connectivity index (χ0) is 9.80. The Morgan fingerprint density at radius 1 is 1.29 bits per heavy atom. The van der Waals surface area contributed by atoms with Crippen LogP contribution in [0.4, 0.5) is 0 Å². The van der Waals surface area contributed by atoms with Crippen LogP contribution < -0.4 is 0 Å². The first-order chi connectivity index (χ1) is 6.90. The Morgan fingerprint density at radius 2 is 2.00 bits per heavy atom. The van der Waals surface area contributed by atoms with E-state index in [0.717, 1.165) is 12.0 Å². The largest absolute Gasteiger partial charge is 0.360 e. The Morgan fingerprint density at radius 3 is 2.57 bits per heavy atom. The van der Waals surface area contributed by atoms with Crippen LogP contribution in [-0.4, -0.2) is 11.4 Å². The maximum Gasteiger partial charge on any atom is 0.171 e. The molecule has 14 heavy (non-hydrogen) atoms. The van der Waals surface area contributed by atoms with Crippen LogP contribution in [0.3, 0.4) is 0 Å². The molecule has 0 amide bonds. The molecule has 0 spiro atoms. The minimum atomic E-state index is 0.421. The second-order valence-corrected chi connectivity index (χ2v) is 3.96. The van der Waals surface area contributed by atoms with Crippen molar-refractivity contribution < 1.29 is 9.32 Å². The number of nitrogens with zero attached hydrogens (tertiary/aromatic N) is 1. The lowest BCUT2D eigenvalue weighted by molar-refractivity contribution is 0.111. The first-order valence-corrected chi connectivity index (χ1v) is 5.32. The van der Waals surface area contributed by atoms with E-state index in [0.29, 0.717) is 11.6 Å². The number of aldehydes is 1. The third-order valence-electron chi connectivity index (χ3n) is 2.92. The number of carbonyl (C=O) groups is 1. The van der Waals surface area contributed by atoms with Gasteiger partial charge in [0.2, 0.25) is 0 Å². The van der Waals surface area contributed by atoms with E-state index in [-0.39, 0.29) is 0 Å². The Bertz CT molecular complexity index is 298. The molecule has 3 heteroatoms. The minimum absolute atomic E-state index is 0.421. The summed E-state index contributed by atoms with van der Waals surface area (Å²) in [7, 11) is 0. The van der Waals surface area contributed by atoms with Crippen molar-refractivity contribution in [3.63, 3.8) is 0 Å². The molecule has 1 aromatic rings. The number of hydrogen-bond acceptors (Lipinski definition) is 3. The van der Waals surface area contributed by atoms with Crippen molar-refractivity contribution in [1.82, 2.24) is 5.16 Å².